The van der Waals surface area contributed by atoms with Crippen LogP contribution in [0.3, 0.4) is 0 Å². The SMILES string of the molecule is NSc1coc2ccccc2c1=O. The Morgan fingerprint density at radius 3 is 2.85 bits per heavy atom. The lowest BCUT2D eigenvalue weighted by molar-refractivity contribution is 0.587. The summed E-state index contributed by atoms with van der Waals surface area (Å²) in [7, 11) is 0. The first-order valence-corrected chi connectivity index (χ1v) is 4.58. The Bertz CT molecular complexity index is 492. The van der Waals surface area contributed by atoms with E-state index in [4.69, 9.17) is 9.56 Å². The second-order valence-corrected chi connectivity index (χ2v) is 3.22. The van der Waals surface area contributed by atoms with E-state index in [1.807, 2.05) is 6.07 Å². The van der Waals surface area contributed by atoms with E-state index < -0.39 is 0 Å². The molecule has 0 fully saturated rings. The largest absolute Gasteiger partial charge is 0.463 e. The van der Waals surface area contributed by atoms with Crippen LogP contribution in [0.15, 0.2) is 44.6 Å². The number of rotatable bonds is 1. The van der Waals surface area contributed by atoms with Gasteiger partial charge < -0.3 is 4.42 Å². The lowest BCUT2D eigenvalue weighted by Crippen LogP contribution is -2.04. The van der Waals surface area contributed by atoms with Crippen molar-refractivity contribution in [2.45, 2.75) is 4.90 Å². The van der Waals surface area contributed by atoms with Crippen LogP contribution in [-0.2, 0) is 0 Å². The molecule has 2 N–H and O–H groups in total. The van der Waals surface area contributed by atoms with Gasteiger partial charge >= 0.3 is 0 Å². The molecule has 3 nitrogen and oxygen atoms in total. The van der Waals surface area contributed by atoms with Crippen LogP contribution in [0.1, 0.15) is 0 Å². The number of hydrogen-bond acceptors (Lipinski definition) is 4. The predicted molar refractivity (Wildman–Crippen MR) is 52.5 cm³/mol. The second kappa shape index (κ2) is 3.24. The van der Waals surface area contributed by atoms with Crippen molar-refractivity contribution in [3.8, 4) is 0 Å². The second-order valence-electron chi connectivity index (χ2n) is 2.54. The maximum absolute atomic E-state index is 11.6. The summed E-state index contributed by atoms with van der Waals surface area (Å²) in [6.45, 7) is 0. The van der Waals surface area contributed by atoms with Crippen molar-refractivity contribution in [1.82, 2.24) is 0 Å². The van der Waals surface area contributed by atoms with Crippen molar-refractivity contribution in [2.24, 2.45) is 5.14 Å². The molecule has 0 aliphatic rings. The van der Waals surface area contributed by atoms with E-state index in [0.29, 0.717) is 15.9 Å². The zero-order valence-electron chi connectivity index (χ0n) is 6.69. The number of benzene rings is 1. The summed E-state index contributed by atoms with van der Waals surface area (Å²) in [5.74, 6) is 0. The molecule has 0 saturated carbocycles. The van der Waals surface area contributed by atoms with Crippen molar-refractivity contribution in [3.05, 3.63) is 40.8 Å². The van der Waals surface area contributed by atoms with Gasteiger partial charge in [0.05, 0.1) is 5.39 Å². The van der Waals surface area contributed by atoms with Crippen LogP contribution in [0.2, 0.25) is 0 Å². The van der Waals surface area contributed by atoms with E-state index in [1.165, 1.54) is 6.26 Å². The lowest BCUT2D eigenvalue weighted by atomic mass is 10.2. The molecule has 13 heavy (non-hydrogen) atoms. The molecule has 0 aliphatic carbocycles. The van der Waals surface area contributed by atoms with E-state index in [9.17, 15) is 4.79 Å². The zero-order valence-corrected chi connectivity index (χ0v) is 7.51. The lowest BCUT2D eigenvalue weighted by Gasteiger charge is -1.97. The topological polar surface area (TPSA) is 56.2 Å². The smallest absolute Gasteiger partial charge is 0.207 e. The minimum Gasteiger partial charge on any atom is -0.463 e. The van der Waals surface area contributed by atoms with Crippen LogP contribution in [0, 0.1) is 0 Å². The Morgan fingerprint density at radius 2 is 2.08 bits per heavy atom. The van der Waals surface area contributed by atoms with Gasteiger partial charge in [0.1, 0.15) is 16.7 Å². The first-order chi connectivity index (χ1) is 6.33. The van der Waals surface area contributed by atoms with Gasteiger partial charge in [-0.1, -0.05) is 12.1 Å². The van der Waals surface area contributed by atoms with Crippen LogP contribution < -0.4 is 10.6 Å². The van der Waals surface area contributed by atoms with Crippen molar-refractivity contribution in [1.29, 1.82) is 0 Å². The van der Waals surface area contributed by atoms with Gasteiger partial charge in [-0.2, -0.15) is 0 Å². The molecule has 1 heterocycles. The summed E-state index contributed by atoms with van der Waals surface area (Å²) in [5, 5.41) is 5.87. The third-order valence-electron chi connectivity index (χ3n) is 1.78. The van der Waals surface area contributed by atoms with Crippen LogP contribution in [-0.4, -0.2) is 0 Å². The number of nitrogens with two attached hydrogens (primary N) is 1. The van der Waals surface area contributed by atoms with Crippen molar-refractivity contribution in [2.75, 3.05) is 0 Å². The van der Waals surface area contributed by atoms with Crippen LogP contribution in [0.25, 0.3) is 11.0 Å². The molecule has 0 unspecified atom stereocenters. The van der Waals surface area contributed by atoms with Gasteiger partial charge in [-0.05, 0) is 24.1 Å². The average Bonchev–Trinajstić information content (AvgIpc) is 2.19. The van der Waals surface area contributed by atoms with Gasteiger partial charge in [0.15, 0.2) is 0 Å². The molecular weight excluding hydrogens is 186 g/mol. The van der Waals surface area contributed by atoms with E-state index in [1.54, 1.807) is 18.2 Å². The first kappa shape index (κ1) is 8.34. The van der Waals surface area contributed by atoms with Crippen LogP contribution >= 0.6 is 11.9 Å². The predicted octanol–water partition coefficient (Wildman–Crippen LogP) is 1.76. The minimum absolute atomic E-state index is 0.0747. The van der Waals surface area contributed by atoms with E-state index in [2.05, 4.69) is 0 Å². The van der Waals surface area contributed by atoms with Gasteiger partial charge in [0.2, 0.25) is 5.43 Å². The van der Waals surface area contributed by atoms with Gasteiger partial charge in [0.25, 0.3) is 0 Å². The fraction of sp³-hybridized carbons (Fsp3) is 0. The number of para-hydroxylation sites is 1. The molecule has 0 bridgehead atoms. The van der Waals surface area contributed by atoms with Gasteiger partial charge in [-0.15, -0.1) is 0 Å². The maximum Gasteiger partial charge on any atom is 0.207 e. The zero-order chi connectivity index (χ0) is 9.26. The highest BCUT2D eigenvalue weighted by molar-refractivity contribution is 7.97. The minimum atomic E-state index is -0.0747. The number of fused-ring (bicyclic) bond motifs is 1. The maximum atomic E-state index is 11.6. The summed E-state index contributed by atoms with van der Waals surface area (Å²) in [4.78, 5) is 12.0. The Morgan fingerprint density at radius 1 is 1.31 bits per heavy atom. The van der Waals surface area contributed by atoms with E-state index in [0.717, 1.165) is 11.9 Å². The molecule has 1 aromatic heterocycles. The van der Waals surface area contributed by atoms with E-state index in [-0.39, 0.29) is 5.43 Å². The van der Waals surface area contributed by atoms with Crippen LogP contribution in [0.4, 0.5) is 0 Å². The van der Waals surface area contributed by atoms with Crippen molar-refractivity contribution >= 4 is 22.9 Å². The average molecular weight is 193 g/mol. The molecule has 0 aliphatic heterocycles. The quantitative estimate of drug-likeness (QED) is 0.701. The summed E-state index contributed by atoms with van der Waals surface area (Å²) in [6, 6.07) is 7.09. The molecule has 0 amide bonds. The Hall–Kier alpha value is -1.26. The Balaban J connectivity index is 2.87. The summed E-state index contributed by atoms with van der Waals surface area (Å²) in [5.41, 5.74) is 0.514. The first-order valence-electron chi connectivity index (χ1n) is 3.70. The van der Waals surface area contributed by atoms with Gasteiger partial charge in [-0.3, -0.25) is 9.93 Å². The van der Waals surface area contributed by atoms with Crippen LogP contribution in [0.5, 0.6) is 0 Å². The highest BCUT2D eigenvalue weighted by Crippen LogP contribution is 2.14. The van der Waals surface area contributed by atoms with Gasteiger partial charge in [0, 0.05) is 0 Å². The van der Waals surface area contributed by atoms with E-state index >= 15 is 0 Å². The fourth-order valence-corrected chi connectivity index (χ4v) is 1.46. The normalized spacial score (nSPS) is 10.5. The van der Waals surface area contributed by atoms with Crippen molar-refractivity contribution < 1.29 is 4.42 Å². The number of hydrogen-bond donors (Lipinski definition) is 1. The van der Waals surface area contributed by atoms with Crippen molar-refractivity contribution in [3.63, 3.8) is 0 Å². The fourth-order valence-electron chi connectivity index (χ4n) is 1.14. The Labute approximate surface area is 78.7 Å². The third-order valence-corrected chi connectivity index (χ3v) is 2.31. The molecule has 0 atom stereocenters. The molecule has 0 spiro atoms. The highest BCUT2D eigenvalue weighted by Gasteiger charge is 2.04. The molecule has 1 aromatic carbocycles. The van der Waals surface area contributed by atoms with Gasteiger partial charge in [-0.25, -0.2) is 0 Å². The molecular formula is C9H7NO2S. The highest BCUT2D eigenvalue weighted by atomic mass is 32.2. The molecule has 2 rings (SSSR count). The third kappa shape index (κ3) is 1.34. The summed E-state index contributed by atoms with van der Waals surface area (Å²) in [6.07, 6.45) is 1.38. The molecule has 0 radical (unpaired) electrons. The standard InChI is InChI=1S/C9H7NO2S/c10-13-8-5-12-7-4-2-1-3-6(7)9(8)11/h1-5H,10H2. The molecule has 4 heteroatoms. The summed E-state index contributed by atoms with van der Waals surface area (Å²) < 4.78 is 5.21. The Kier molecular flexibility index (Phi) is 2.08. The monoisotopic (exact) mass is 193 g/mol. The molecule has 2 aromatic rings. The molecule has 0 saturated heterocycles. The molecule has 66 valence electrons. The summed E-state index contributed by atoms with van der Waals surface area (Å²) >= 11 is 0.904.